The molecule has 5 aromatic rings. The first-order valence-corrected chi connectivity index (χ1v) is 15.5. The normalized spacial score (nSPS) is 19.7. The van der Waals surface area contributed by atoms with Crippen molar-refractivity contribution in [2.75, 3.05) is 11.1 Å². The van der Waals surface area contributed by atoms with Crippen LogP contribution in [0.3, 0.4) is 0 Å². The van der Waals surface area contributed by atoms with Gasteiger partial charge in [0, 0.05) is 27.8 Å². The van der Waals surface area contributed by atoms with Gasteiger partial charge in [-0.25, -0.2) is 9.78 Å². The second-order valence-electron chi connectivity index (χ2n) is 10.8. The number of carboxylic acids is 1. The predicted octanol–water partition coefficient (Wildman–Crippen LogP) is 6.66. The molecule has 1 fully saturated rings. The van der Waals surface area contributed by atoms with E-state index in [0.29, 0.717) is 22.5 Å². The molecule has 4 aromatic carbocycles. The van der Waals surface area contributed by atoms with Gasteiger partial charge in [0.15, 0.2) is 6.29 Å². The number of carboxylic acid groups (broad SMARTS) is 1. The molecule has 1 amide bonds. The second kappa shape index (κ2) is 13.6. The molecule has 3 N–H and O–H groups in total. The number of aromatic nitrogens is 2. The first-order valence-electron chi connectivity index (χ1n) is 14.5. The number of hydrogen-bond donors (Lipinski definition) is 3. The van der Waals surface area contributed by atoms with Crippen molar-refractivity contribution in [3.63, 3.8) is 0 Å². The van der Waals surface area contributed by atoms with Crippen LogP contribution in [0.15, 0.2) is 108 Å². The molecule has 9 nitrogen and oxygen atoms in total. The van der Waals surface area contributed by atoms with E-state index in [0.717, 1.165) is 21.6 Å². The minimum atomic E-state index is -0.963. The molecule has 0 radical (unpaired) electrons. The molecule has 2 heterocycles. The van der Waals surface area contributed by atoms with E-state index in [9.17, 15) is 19.8 Å². The Kier molecular flexibility index (Phi) is 9.18. The number of nitrogens with one attached hydrogen (secondary N) is 1. The van der Waals surface area contributed by atoms with Gasteiger partial charge in [0.05, 0.1) is 41.6 Å². The first kappa shape index (κ1) is 30.4. The molecule has 4 atom stereocenters. The van der Waals surface area contributed by atoms with Crippen molar-refractivity contribution in [1.29, 1.82) is 0 Å². The Morgan fingerprint density at radius 2 is 1.64 bits per heavy atom. The van der Waals surface area contributed by atoms with Crippen LogP contribution in [-0.2, 0) is 16.1 Å². The smallest absolute Gasteiger partial charge is 0.335 e. The average molecular weight is 622 g/mol. The molecule has 45 heavy (non-hydrogen) atoms. The van der Waals surface area contributed by atoms with E-state index in [1.807, 2.05) is 66.7 Å². The number of fused-ring (bicyclic) bond motifs is 1. The highest BCUT2D eigenvalue weighted by Gasteiger charge is 2.38. The Labute approximate surface area is 264 Å². The van der Waals surface area contributed by atoms with Gasteiger partial charge in [-0.1, -0.05) is 55.5 Å². The number of rotatable bonds is 9. The van der Waals surface area contributed by atoms with E-state index >= 15 is 0 Å². The summed E-state index contributed by atoms with van der Waals surface area (Å²) in [5.41, 5.74) is 4.87. The number of benzene rings is 4. The standard InChI is InChI=1S/C35H31N3O6S/c1-21-31(20-45-27-15-13-24(14-16-27)34(41)42)43-35(44-32(21)23-11-9-22(19-39)10-12-23)25-5-4-6-26(17-25)37-33(40)30-18-36-28-7-2-3-8-29(28)38-30/h2-18,21,31-32,35,39H,19-20H2,1H3,(H,37,40)(H,41,42)/t21-,31+,32+,35+/m1/s1. The summed E-state index contributed by atoms with van der Waals surface area (Å²) in [6.07, 6.45) is 0.214. The molecule has 10 heteroatoms. The van der Waals surface area contributed by atoms with Gasteiger partial charge in [-0.2, -0.15) is 0 Å². The highest BCUT2D eigenvalue weighted by molar-refractivity contribution is 7.99. The lowest BCUT2D eigenvalue weighted by atomic mass is 9.91. The lowest BCUT2D eigenvalue weighted by Gasteiger charge is -2.41. The number of aliphatic hydroxyl groups excluding tert-OH is 1. The number of amides is 1. The topological polar surface area (TPSA) is 131 Å². The lowest BCUT2D eigenvalue weighted by Crippen LogP contribution is -2.38. The molecule has 0 spiro atoms. The molecule has 0 bridgehead atoms. The van der Waals surface area contributed by atoms with Crippen LogP contribution in [0.1, 0.15) is 56.9 Å². The monoisotopic (exact) mass is 621 g/mol. The fraction of sp³-hybridized carbons (Fsp3) is 0.200. The zero-order valence-electron chi connectivity index (χ0n) is 24.4. The van der Waals surface area contributed by atoms with Crippen molar-refractivity contribution >= 4 is 40.4 Å². The fourth-order valence-electron chi connectivity index (χ4n) is 5.21. The van der Waals surface area contributed by atoms with E-state index < -0.39 is 12.3 Å². The predicted molar refractivity (Wildman–Crippen MR) is 171 cm³/mol. The molecule has 0 unspecified atom stereocenters. The number of anilines is 1. The maximum absolute atomic E-state index is 13.1. The minimum absolute atomic E-state index is 0.0265. The Balaban J connectivity index is 1.23. The Morgan fingerprint density at radius 3 is 2.38 bits per heavy atom. The summed E-state index contributed by atoms with van der Waals surface area (Å²) in [5.74, 6) is -0.763. The van der Waals surface area contributed by atoms with E-state index in [1.165, 1.54) is 6.20 Å². The van der Waals surface area contributed by atoms with Gasteiger partial charge in [-0.3, -0.25) is 9.78 Å². The van der Waals surface area contributed by atoms with Crippen LogP contribution in [0.4, 0.5) is 5.69 Å². The van der Waals surface area contributed by atoms with Crippen molar-refractivity contribution < 1.29 is 29.3 Å². The molecule has 1 aromatic heterocycles. The molecule has 1 aliphatic rings. The zero-order valence-corrected chi connectivity index (χ0v) is 25.2. The maximum atomic E-state index is 13.1. The SMILES string of the molecule is C[C@@H]1[C@H](CSc2ccc(C(=O)O)cc2)O[C@H](c2cccc(NC(=O)c3cnc4ccccc4n3)c2)O[C@@H]1c1ccc(CO)cc1. The number of ether oxygens (including phenoxy) is 2. The van der Waals surface area contributed by atoms with E-state index in [2.05, 4.69) is 22.2 Å². The quantitative estimate of drug-likeness (QED) is 0.155. The molecule has 0 saturated carbocycles. The van der Waals surface area contributed by atoms with Crippen LogP contribution in [-0.4, -0.2) is 43.9 Å². The highest BCUT2D eigenvalue weighted by Crippen LogP contribution is 2.43. The summed E-state index contributed by atoms with van der Waals surface area (Å²) in [6.45, 7) is 2.04. The number of carbonyl (C=O) groups excluding carboxylic acids is 1. The summed E-state index contributed by atoms with van der Waals surface area (Å²) in [6, 6.07) is 29.2. The van der Waals surface area contributed by atoms with Crippen molar-refractivity contribution in [2.24, 2.45) is 5.92 Å². The van der Waals surface area contributed by atoms with Gasteiger partial charge < -0.3 is 25.0 Å². The van der Waals surface area contributed by atoms with Gasteiger partial charge in [0.2, 0.25) is 0 Å². The maximum Gasteiger partial charge on any atom is 0.335 e. The largest absolute Gasteiger partial charge is 0.478 e. The van der Waals surface area contributed by atoms with Gasteiger partial charge in [-0.15, -0.1) is 11.8 Å². The number of aromatic carboxylic acids is 1. The average Bonchev–Trinajstić information content (AvgIpc) is 3.08. The molecule has 6 rings (SSSR count). The Bertz CT molecular complexity index is 1820. The van der Waals surface area contributed by atoms with Gasteiger partial charge >= 0.3 is 5.97 Å². The molecule has 0 aliphatic carbocycles. The third-order valence-electron chi connectivity index (χ3n) is 7.74. The summed E-state index contributed by atoms with van der Waals surface area (Å²) in [7, 11) is 0. The third kappa shape index (κ3) is 7.05. The number of aliphatic hydroxyl groups is 1. The van der Waals surface area contributed by atoms with Crippen LogP contribution in [0, 0.1) is 5.92 Å². The van der Waals surface area contributed by atoms with E-state index in [-0.39, 0.29) is 41.9 Å². The summed E-state index contributed by atoms with van der Waals surface area (Å²) in [5, 5.41) is 21.7. The number of nitrogens with zero attached hydrogens (tertiary/aromatic N) is 2. The molecule has 228 valence electrons. The number of para-hydroxylation sites is 2. The minimum Gasteiger partial charge on any atom is -0.478 e. The zero-order chi connectivity index (χ0) is 31.3. The summed E-state index contributed by atoms with van der Waals surface area (Å²) in [4.78, 5) is 34.1. The third-order valence-corrected chi connectivity index (χ3v) is 8.84. The van der Waals surface area contributed by atoms with Crippen LogP contribution in [0.2, 0.25) is 0 Å². The second-order valence-corrected chi connectivity index (χ2v) is 11.9. The lowest BCUT2D eigenvalue weighted by molar-refractivity contribution is -0.268. The van der Waals surface area contributed by atoms with E-state index in [1.54, 1.807) is 42.1 Å². The summed E-state index contributed by atoms with van der Waals surface area (Å²) < 4.78 is 13.1. The Morgan fingerprint density at radius 1 is 0.889 bits per heavy atom. The highest BCUT2D eigenvalue weighted by atomic mass is 32.2. The van der Waals surface area contributed by atoms with E-state index in [4.69, 9.17) is 9.47 Å². The van der Waals surface area contributed by atoms with Gasteiger partial charge in [0.1, 0.15) is 5.69 Å². The van der Waals surface area contributed by atoms with Crippen molar-refractivity contribution in [3.05, 3.63) is 131 Å². The fourth-order valence-corrected chi connectivity index (χ4v) is 6.27. The number of carbonyl (C=O) groups is 2. The van der Waals surface area contributed by atoms with Crippen molar-refractivity contribution in [1.82, 2.24) is 9.97 Å². The number of hydrogen-bond acceptors (Lipinski definition) is 8. The summed E-state index contributed by atoms with van der Waals surface area (Å²) >= 11 is 1.59. The van der Waals surface area contributed by atoms with Crippen LogP contribution in [0.25, 0.3) is 11.0 Å². The van der Waals surface area contributed by atoms with Crippen LogP contribution in [0.5, 0.6) is 0 Å². The number of thioether (sulfide) groups is 1. The molecular formula is C35H31N3O6S. The van der Waals surface area contributed by atoms with Gasteiger partial charge in [0.25, 0.3) is 5.91 Å². The Hall–Kier alpha value is -4.61. The van der Waals surface area contributed by atoms with Crippen LogP contribution < -0.4 is 5.32 Å². The molecule has 1 saturated heterocycles. The van der Waals surface area contributed by atoms with Crippen molar-refractivity contribution in [2.45, 2.75) is 36.9 Å². The van der Waals surface area contributed by atoms with Gasteiger partial charge in [-0.05, 0) is 59.7 Å². The van der Waals surface area contributed by atoms with Crippen LogP contribution >= 0.6 is 11.8 Å². The van der Waals surface area contributed by atoms with Crippen molar-refractivity contribution in [3.8, 4) is 0 Å². The molecule has 1 aliphatic heterocycles. The molecular weight excluding hydrogens is 590 g/mol. The first-order chi connectivity index (χ1) is 21.9.